The quantitative estimate of drug-likeness (QED) is 0.757. The second-order valence-electron chi connectivity index (χ2n) is 3.93. The fourth-order valence-electron chi connectivity index (χ4n) is 1.33. The molecule has 0 spiro atoms. The fourth-order valence-corrected chi connectivity index (χ4v) is 1.70. The van der Waals surface area contributed by atoms with Gasteiger partial charge < -0.3 is 14.4 Å². The van der Waals surface area contributed by atoms with E-state index in [2.05, 4.69) is 15.9 Å². The van der Waals surface area contributed by atoms with Gasteiger partial charge in [-0.05, 0) is 24.6 Å². The zero-order valence-electron chi connectivity index (χ0n) is 10.9. The Labute approximate surface area is 116 Å². The third-order valence-electron chi connectivity index (χ3n) is 2.57. The lowest BCUT2D eigenvalue weighted by molar-refractivity contribution is -0.123. The molecule has 100 valence electrons. The number of anilines is 1. The molecule has 18 heavy (non-hydrogen) atoms. The molecule has 0 fully saturated rings. The second kappa shape index (κ2) is 7.51. The maximum Gasteiger partial charge on any atom is 0.252 e. The summed E-state index contributed by atoms with van der Waals surface area (Å²) in [6.45, 7) is 2.98. The predicted octanol–water partition coefficient (Wildman–Crippen LogP) is 2.38. The van der Waals surface area contributed by atoms with Crippen LogP contribution in [0.25, 0.3) is 0 Å². The molecule has 0 saturated carbocycles. The summed E-state index contributed by atoms with van der Waals surface area (Å²) in [5.41, 5.74) is 1.98. The van der Waals surface area contributed by atoms with E-state index >= 15 is 0 Å². The SMILES string of the molecule is COCCOCC(=O)N(C)c1ccc(C)c(Br)c1. The first kappa shape index (κ1) is 15.1. The van der Waals surface area contributed by atoms with Crippen molar-refractivity contribution in [3.8, 4) is 0 Å². The molecule has 0 atom stereocenters. The summed E-state index contributed by atoms with van der Waals surface area (Å²) >= 11 is 3.45. The molecule has 0 aliphatic carbocycles. The largest absolute Gasteiger partial charge is 0.382 e. The lowest BCUT2D eigenvalue weighted by Gasteiger charge is -2.18. The Morgan fingerprint density at radius 2 is 2.11 bits per heavy atom. The van der Waals surface area contributed by atoms with E-state index in [4.69, 9.17) is 9.47 Å². The van der Waals surface area contributed by atoms with Gasteiger partial charge in [-0.15, -0.1) is 0 Å². The molecule has 5 heteroatoms. The Kier molecular flexibility index (Phi) is 6.32. The van der Waals surface area contributed by atoms with E-state index in [9.17, 15) is 4.79 Å². The monoisotopic (exact) mass is 315 g/mol. The number of hydrogen-bond acceptors (Lipinski definition) is 3. The highest BCUT2D eigenvalue weighted by molar-refractivity contribution is 9.10. The van der Waals surface area contributed by atoms with E-state index < -0.39 is 0 Å². The van der Waals surface area contributed by atoms with Crippen LogP contribution in [0.3, 0.4) is 0 Å². The van der Waals surface area contributed by atoms with E-state index in [1.807, 2.05) is 25.1 Å². The van der Waals surface area contributed by atoms with E-state index in [1.54, 1.807) is 19.1 Å². The number of rotatable bonds is 6. The molecule has 0 heterocycles. The predicted molar refractivity (Wildman–Crippen MR) is 75.0 cm³/mol. The first-order valence-electron chi connectivity index (χ1n) is 5.65. The Bertz CT molecular complexity index is 409. The zero-order chi connectivity index (χ0) is 13.5. The van der Waals surface area contributed by atoms with Crippen LogP contribution in [0.15, 0.2) is 22.7 Å². The maximum atomic E-state index is 11.8. The van der Waals surface area contributed by atoms with Crippen LogP contribution in [0, 0.1) is 6.92 Å². The van der Waals surface area contributed by atoms with Crippen molar-refractivity contribution in [1.29, 1.82) is 0 Å². The van der Waals surface area contributed by atoms with Gasteiger partial charge in [-0.2, -0.15) is 0 Å². The molecule has 0 aliphatic heterocycles. The normalized spacial score (nSPS) is 10.4. The Morgan fingerprint density at radius 1 is 1.39 bits per heavy atom. The van der Waals surface area contributed by atoms with Gasteiger partial charge in [-0.25, -0.2) is 0 Å². The van der Waals surface area contributed by atoms with Crippen LogP contribution in [0.2, 0.25) is 0 Å². The van der Waals surface area contributed by atoms with Crippen LogP contribution >= 0.6 is 15.9 Å². The second-order valence-corrected chi connectivity index (χ2v) is 4.79. The maximum absolute atomic E-state index is 11.8. The van der Waals surface area contributed by atoms with Gasteiger partial charge in [0.25, 0.3) is 5.91 Å². The van der Waals surface area contributed by atoms with Gasteiger partial charge in [-0.3, -0.25) is 4.79 Å². The van der Waals surface area contributed by atoms with Gasteiger partial charge in [0.15, 0.2) is 0 Å². The summed E-state index contributed by atoms with van der Waals surface area (Å²) < 4.78 is 11.0. The van der Waals surface area contributed by atoms with Crippen molar-refractivity contribution in [2.75, 3.05) is 38.9 Å². The number of methoxy groups -OCH3 is 1. The molecule has 0 unspecified atom stereocenters. The van der Waals surface area contributed by atoms with E-state index in [0.717, 1.165) is 15.7 Å². The molecule has 1 aromatic rings. The van der Waals surface area contributed by atoms with Crippen molar-refractivity contribution < 1.29 is 14.3 Å². The fraction of sp³-hybridized carbons (Fsp3) is 0.462. The lowest BCUT2D eigenvalue weighted by Crippen LogP contribution is -2.30. The van der Waals surface area contributed by atoms with Crippen LogP contribution in [-0.4, -0.2) is 39.9 Å². The number of carbonyl (C=O) groups excluding carboxylic acids is 1. The first-order chi connectivity index (χ1) is 8.56. The van der Waals surface area contributed by atoms with Gasteiger partial charge in [0.2, 0.25) is 0 Å². The number of halogens is 1. The number of amides is 1. The summed E-state index contributed by atoms with van der Waals surface area (Å²) in [4.78, 5) is 13.4. The molecule has 0 saturated heterocycles. The topological polar surface area (TPSA) is 38.8 Å². The summed E-state index contributed by atoms with van der Waals surface area (Å²) in [5.74, 6) is -0.0816. The average Bonchev–Trinajstić information content (AvgIpc) is 2.37. The molecule has 0 N–H and O–H groups in total. The van der Waals surface area contributed by atoms with Gasteiger partial charge in [-0.1, -0.05) is 22.0 Å². The third kappa shape index (κ3) is 4.40. The highest BCUT2D eigenvalue weighted by atomic mass is 79.9. The highest BCUT2D eigenvalue weighted by Gasteiger charge is 2.11. The summed E-state index contributed by atoms with van der Waals surface area (Å²) in [7, 11) is 3.33. The number of likely N-dealkylation sites (N-methyl/N-ethyl adjacent to an activating group) is 1. The van der Waals surface area contributed by atoms with E-state index in [0.29, 0.717) is 13.2 Å². The standard InChI is InChI=1S/C13H18BrNO3/c1-10-4-5-11(8-12(10)14)15(2)13(16)9-18-7-6-17-3/h4-5,8H,6-7,9H2,1-3H3. The minimum atomic E-state index is -0.0816. The molecular weight excluding hydrogens is 298 g/mol. The Morgan fingerprint density at radius 3 is 2.72 bits per heavy atom. The van der Waals surface area contributed by atoms with E-state index in [1.165, 1.54) is 0 Å². The van der Waals surface area contributed by atoms with Crippen molar-refractivity contribution >= 4 is 27.5 Å². The minimum Gasteiger partial charge on any atom is -0.382 e. The molecule has 0 bridgehead atoms. The number of aryl methyl sites for hydroxylation is 1. The number of carbonyl (C=O) groups is 1. The van der Waals surface area contributed by atoms with Crippen molar-refractivity contribution in [3.05, 3.63) is 28.2 Å². The molecule has 0 radical (unpaired) electrons. The molecular formula is C13H18BrNO3. The van der Waals surface area contributed by atoms with Crippen LogP contribution in [-0.2, 0) is 14.3 Å². The van der Waals surface area contributed by atoms with Crippen LogP contribution in [0.1, 0.15) is 5.56 Å². The molecule has 1 aromatic carbocycles. The number of ether oxygens (including phenoxy) is 2. The van der Waals surface area contributed by atoms with Crippen molar-refractivity contribution in [1.82, 2.24) is 0 Å². The Balaban J connectivity index is 2.54. The van der Waals surface area contributed by atoms with Crippen LogP contribution < -0.4 is 4.90 Å². The van der Waals surface area contributed by atoms with Crippen molar-refractivity contribution in [3.63, 3.8) is 0 Å². The van der Waals surface area contributed by atoms with Crippen LogP contribution in [0.5, 0.6) is 0 Å². The van der Waals surface area contributed by atoms with Gasteiger partial charge in [0, 0.05) is 24.3 Å². The molecule has 1 amide bonds. The summed E-state index contributed by atoms with van der Waals surface area (Å²) in [6, 6.07) is 5.80. The third-order valence-corrected chi connectivity index (χ3v) is 3.43. The zero-order valence-corrected chi connectivity index (χ0v) is 12.5. The Hall–Kier alpha value is -0.910. The summed E-state index contributed by atoms with van der Waals surface area (Å²) in [6.07, 6.45) is 0. The van der Waals surface area contributed by atoms with Gasteiger partial charge in [0.05, 0.1) is 13.2 Å². The van der Waals surface area contributed by atoms with Crippen LogP contribution in [0.4, 0.5) is 5.69 Å². The highest BCUT2D eigenvalue weighted by Crippen LogP contribution is 2.22. The van der Waals surface area contributed by atoms with Crippen molar-refractivity contribution in [2.45, 2.75) is 6.92 Å². The number of nitrogens with zero attached hydrogens (tertiary/aromatic N) is 1. The van der Waals surface area contributed by atoms with Crippen molar-refractivity contribution in [2.24, 2.45) is 0 Å². The van der Waals surface area contributed by atoms with Gasteiger partial charge in [0.1, 0.15) is 6.61 Å². The number of hydrogen-bond donors (Lipinski definition) is 0. The molecule has 1 rings (SSSR count). The van der Waals surface area contributed by atoms with E-state index in [-0.39, 0.29) is 12.5 Å². The smallest absolute Gasteiger partial charge is 0.252 e. The molecule has 0 aliphatic rings. The number of benzene rings is 1. The molecule has 0 aromatic heterocycles. The van der Waals surface area contributed by atoms with Gasteiger partial charge >= 0.3 is 0 Å². The summed E-state index contributed by atoms with van der Waals surface area (Å²) in [5, 5.41) is 0. The first-order valence-corrected chi connectivity index (χ1v) is 6.45. The lowest BCUT2D eigenvalue weighted by atomic mass is 10.2. The average molecular weight is 316 g/mol. The minimum absolute atomic E-state index is 0.0609. The molecule has 4 nitrogen and oxygen atoms in total.